The number of nitro groups is 1. The lowest BCUT2D eigenvalue weighted by Crippen LogP contribution is -2.29. The molecule has 1 aliphatic rings. The number of nitrogens with zero attached hydrogens (tertiary/aromatic N) is 2. The zero-order valence-corrected chi connectivity index (χ0v) is 11.3. The van der Waals surface area contributed by atoms with Gasteiger partial charge in [-0.15, -0.1) is 0 Å². The van der Waals surface area contributed by atoms with Crippen molar-refractivity contribution in [3.05, 3.63) is 33.9 Å². The number of amides is 1. The molecule has 20 heavy (non-hydrogen) atoms. The van der Waals surface area contributed by atoms with E-state index in [0.29, 0.717) is 24.3 Å². The molecule has 0 aliphatic carbocycles. The number of ether oxygens (including phenoxy) is 1. The molecule has 1 aromatic rings. The molecular formula is C13H16N2O5. The van der Waals surface area contributed by atoms with Gasteiger partial charge in [-0.25, -0.2) is 0 Å². The summed E-state index contributed by atoms with van der Waals surface area (Å²) in [4.78, 5) is 23.6. The number of rotatable bonds is 4. The molecule has 1 aliphatic heterocycles. The first-order valence-electron chi connectivity index (χ1n) is 6.28. The third-order valence-electron chi connectivity index (χ3n) is 3.30. The molecular weight excluding hydrogens is 264 g/mol. The highest BCUT2D eigenvalue weighted by Gasteiger charge is 2.31. The predicted molar refractivity (Wildman–Crippen MR) is 70.4 cm³/mol. The number of carbonyl (C=O) groups excluding carboxylic acids is 1. The Morgan fingerprint density at radius 3 is 2.75 bits per heavy atom. The van der Waals surface area contributed by atoms with Gasteiger partial charge in [0.25, 0.3) is 11.6 Å². The number of aliphatic hydroxyl groups excluding tert-OH is 1. The van der Waals surface area contributed by atoms with Gasteiger partial charge in [-0.3, -0.25) is 14.9 Å². The molecule has 1 N–H and O–H groups in total. The maximum Gasteiger partial charge on any atom is 0.270 e. The van der Waals surface area contributed by atoms with Gasteiger partial charge in [-0.1, -0.05) is 0 Å². The Morgan fingerprint density at radius 2 is 2.25 bits per heavy atom. The van der Waals surface area contributed by atoms with Crippen LogP contribution < -0.4 is 4.74 Å². The van der Waals surface area contributed by atoms with Crippen molar-refractivity contribution in [1.82, 2.24) is 4.90 Å². The monoisotopic (exact) mass is 280 g/mol. The highest BCUT2D eigenvalue weighted by molar-refractivity contribution is 5.83. The molecule has 0 spiro atoms. The van der Waals surface area contributed by atoms with Crippen molar-refractivity contribution in [3.8, 4) is 5.75 Å². The van der Waals surface area contributed by atoms with E-state index >= 15 is 0 Å². The van der Waals surface area contributed by atoms with E-state index in [2.05, 4.69) is 0 Å². The molecule has 1 amide bonds. The minimum absolute atomic E-state index is 0.122. The van der Waals surface area contributed by atoms with Gasteiger partial charge in [0.05, 0.1) is 11.0 Å². The summed E-state index contributed by atoms with van der Waals surface area (Å²) in [6.45, 7) is 2.11. The van der Waals surface area contributed by atoms with Crippen LogP contribution in [0.3, 0.4) is 0 Å². The maximum atomic E-state index is 11.8. The molecule has 1 unspecified atom stereocenters. The van der Waals surface area contributed by atoms with E-state index in [9.17, 15) is 20.0 Å². The molecule has 1 fully saturated rings. The van der Waals surface area contributed by atoms with Gasteiger partial charge in [0.15, 0.2) is 6.10 Å². The summed E-state index contributed by atoms with van der Waals surface area (Å²) in [6.07, 6.45) is -0.955. The van der Waals surface area contributed by atoms with E-state index in [1.165, 1.54) is 25.1 Å². The Morgan fingerprint density at radius 1 is 1.55 bits per heavy atom. The Balaban J connectivity index is 2.27. The van der Waals surface area contributed by atoms with Crippen LogP contribution in [0.5, 0.6) is 5.75 Å². The fourth-order valence-electron chi connectivity index (χ4n) is 2.14. The van der Waals surface area contributed by atoms with Crippen LogP contribution in [0.15, 0.2) is 18.2 Å². The molecule has 0 bridgehead atoms. The number of likely N-dealkylation sites (tertiary alicyclic amines) is 1. The molecule has 108 valence electrons. The smallest absolute Gasteiger partial charge is 0.270 e. The summed E-state index contributed by atoms with van der Waals surface area (Å²) >= 11 is 0. The average molecular weight is 280 g/mol. The van der Waals surface area contributed by atoms with Crippen molar-refractivity contribution in [3.63, 3.8) is 0 Å². The largest absolute Gasteiger partial charge is 0.480 e. The maximum absolute atomic E-state index is 11.8. The minimum Gasteiger partial charge on any atom is -0.480 e. The zero-order chi connectivity index (χ0) is 14.9. The fraction of sp³-hybridized carbons (Fsp3) is 0.462. The van der Waals surface area contributed by atoms with Crippen LogP contribution in [0.4, 0.5) is 5.69 Å². The van der Waals surface area contributed by atoms with Crippen molar-refractivity contribution in [2.45, 2.75) is 25.6 Å². The molecule has 7 heteroatoms. The van der Waals surface area contributed by atoms with Crippen LogP contribution in [0.2, 0.25) is 0 Å². The summed E-state index contributed by atoms with van der Waals surface area (Å²) in [5.74, 6) is 0.180. The van der Waals surface area contributed by atoms with Gasteiger partial charge < -0.3 is 14.7 Å². The molecule has 2 atom stereocenters. The van der Waals surface area contributed by atoms with E-state index < -0.39 is 17.1 Å². The highest BCUT2D eigenvalue weighted by Crippen LogP contribution is 2.31. The number of hydrogen-bond acceptors (Lipinski definition) is 5. The van der Waals surface area contributed by atoms with Gasteiger partial charge >= 0.3 is 0 Å². The lowest BCUT2D eigenvalue weighted by Gasteiger charge is -2.17. The molecule has 2 rings (SSSR count). The van der Waals surface area contributed by atoms with Crippen LogP contribution in [0.25, 0.3) is 0 Å². The summed E-state index contributed by atoms with van der Waals surface area (Å²) < 4.78 is 5.61. The number of non-ortho nitro benzene ring substituents is 1. The van der Waals surface area contributed by atoms with E-state index in [1.807, 2.05) is 0 Å². The number of aliphatic hydroxyl groups is 1. The predicted octanol–water partition coefficient (Wildman–Crippen LogP) is 1.26. The Hall–Kier alpha value is -2.15. The van der Waals surface area contributed by atoms with Crippen molar-refractivity contribution < 1.29 is 19.6 Å². The van der Waals surface area contributed by atoms with Gasteiger partial charge in [-0.2, -0.15) is 0 Å². The standard InChI is InChI=1S/C13H16N2O5/c1-8(16)10-7-9(15(18)19)3-4-11(10)20-12-5-6-14(2)13(12)17/h3-4,7-8,12,16H,5-6H2,1-2H3/t8-,12?/m0/s1. The van der Waals surface area contributed by atoms with Crippen molar-refractivity contribution in [2.75, 3.05) is 13.6 Å². The van der Waals surface area contributed by atoms with E-state index in [1.54, 1.807) is 11.9 Å². The van der Waals surface area contributed by atoms with Gasteiger partial charge in [0.1, 0.15) is 5.75 Å². The second-order valence-corrected chi connectivity index (χ2v) is 4.81. The van der Waals surface area contributed by atoms with Crippen LogP contribution in [-0.4, -0.2) is 40.5 Å². The Kier molecular flexibility index (Phi) is 3.89. The first-order valence-corrected chi connectivity index (χ1v) is 6.28. The zero-order valence-electron chi connectivity index (χ0n) is 11.3. The molecule has 1 aromatic carbocycles. The van der Waals surface area contributed by atoms with Crippen LogP contribution in [-0.2, 0) is 4.79 Å². The highest BCUT2D eigenvalue weighted by atomic mass is 16.6. The second-order valence-electron chi connectivity index (χ2n) is 4.81. The molecule has 7 nitrogen and oxygen atoms in total. The summed E-state index contributed by atoms with van der Waals surface area (Å²) in [5.41, 5.74) is 0.185. The van der Waals surface area contributed by atoms with Crippen LogP contribution in [0, 0.1) is 10.1 Å². The number of likely N-dealkylation sites (N-methyl/N-ethyl adjacent to an activating group) is 1. The van der Waals surface area contributed by atoms with Gasteiger partial charge in [0, 0.05) is 37.7 Å². The third kappa shape index (κ3) is 2.72. The van der Waals surface area contributed by atoms with E-state index in [-0.39, 0.29) is 11.6 Å². The normalized spacial score (nSPS) is 20.1. The lowest BCUT2D eigenvalue weighted by atomic mass is 10.1. The van der Waals surface area contributed by atoms with Crippen LogP contribution >= 0.6 is 0 Å². The quantitative estimate of drug-likeness (QED) is 0.662. The Labute approximate surface area is 115 Å². The number of carbonyl (C=O) groups is 1. The molecule has 0 radical (unpaired) electrons. The second kappa shape index (κ2) is 5.46. The number of nitro benzene ring substituents is 1. The Bertz CT molecular complexity index is 544. The van der Waals surface area contributed by atoms with Crippen LogP contribution in [0.1, 0.15) is 25.0 Å². The average Bonchev–Trinajstić information content (AvgIpc) is 2.70. The fourth-order valence-corrected chi connectivity index (χ4v) is 2.14. The molecule has 0 aromatic heterocycles. The molecule has 1 heterocycles. The van der Waals surface area contributed by atoms with Crippen molar-refractivity contribution in [1.29, 1.82) is 0 Å². The number of hydrogen-bond donors (Lipinski definition) is 1. The SMILES string of the molecule is C[C@H](O)c1cc([N+](=O)[O-])ccc1OC1CCN(C)C1=O. The van der Waals surface area contributed by atoms with Crippen molar-refractivity contribution in [2.24, 2.45) is 0 Å². The first-order chi connectivity index (χ1) is 9.40. The van der Waals surface area contributed by atoms with Gasteiger partial charge in [-0.05, 0) is 13.0 Å². The van der Waals surface area contributed by atoms with E-state index in [0.717, 1.165) is 0 Å². The first kappa shape index (κ1) is 14.3. The summed E-state index contributed by atoms with van der Waals surface area (Å²) in [5, 5.41) is 20.5. The van der Waals surface area contributed by atoms with Gasteiger partial charge in [0.2, 0.25) is 0 Å². The van der Waals surface area contributed by atoms with Crippen molar-refractivity contribution >= 4 is 11.6 Å². The lowest BCUT2D eigenvalue weighted by molar-refractivity contribution is -0.385. The molecule has 0 saturated carbocycles. The number of benzene rings is 1. The van der Waals surface area contributed by atoms with E-state index in [4.69, 9.17) is 4.74 Å². The third-order valence-corrected chi connectivity index (χ3v) is 3.30. The molecule has 1 saturated heterocycles. The topological polar surface area (TPSA) is 92.9 Å². The summed E-state index contributed by atoms with van der Waals surface area (Å²) in [6, 6.07) is 3.99. The minimum atomic E-state index is -0.917. The summed E-state index contributed by atoms with van der Waals surface area (Å²) in [7, 11) is 1.69.